The molecule has 3 aromatic rings. The van der Waals surface area contributed by atoms with Gasteiger partial charge in [-0.3, -0.25) is 19.5 Å². The van der Waals surface area contributed by atoms with Crippen LogP contribution in [0.1, 0.15) is 56.4 Å². The third-order valence-corrected chi connectivity index (χ3v) is 7.32. The number of anilines is 2. The average Bonchev–Trinajstić information content (AvgIpc) is 3.37. The van der Waals surface area contributed by atoms with E-state index in [0.29, 0.717) is 37.0 Å². The molecule has 4 heterocycles. The van der Waals surface area contributed by atoms with Crippen LogP contribution in [0.5, 0.6) is 5.75 Å². The van der Waals surface area contributed by atoms with E-state index in [-0.39, 0.29) is 42.5 Å². The van der Waals surface area contributed by atoms with E-state index >= 15 is 0 Å². The molecular weight excluding hydrogens is 588 g/mol. The molecule has 1 atom stereocenters. The molecule has 2 fully saturated rings. The van der Waals surface area contributed by atoms with E-state index < -0.39 is 35.9 Å². The number of alkyl halides is 4. The molecule has 1 aromatic carbocycles. The van der Waals surface area contributed by atoms with Gasteiger partial charge in [0, 0.05) is 38.3 Å². The molecular formula is C29H32F4N6O5. The Labute approximate surface area is 249 Å². The Balaban J connectivity index is 1.34. The summed E-state index contributed by atoms with van der Waals surface area (Å²) in [6.45, 7) is 6.12. The first kappa shape index (κ1) is 31.0. The maximum atomic E-state index is 13.7. The zero-order valence-electron chi connectivity index (χ0n) is 24.4. The first-order valence-electron chi connectivity index (χ1n) is 14.1. The minimum absolute atomic E-state index is 0.0537. The number of pyridine rings is 1. The maximum Gasteiger partial charge on any atom is 0.573 e. The van der Waals surface area contributed by atoms with Crippen LogP contribution in [0.2, 0.25) is 0 Å². The quantitative estimate of drug-likeness (QED) is 0.393. The number of hydrogen-bond acceptors (Lipinski definition) is 8. The normalized spacial score (nSPS) is 18.0. The first-order valence-corrected chi connectivity index (χ1v) is 14.1. The van der Waals surface area contributed by atoms with E-state index in [1.165, 1.54) is 11.1 Å². The van der Waals surface area contributed by atoms with Crippen LogP contribution in [0.3, 0.4) is 0 Å². The van der Waals surface area contributed by atoms with Crippen molar-refractivity contribution in [3.63, 3.8) is 0 Å². The molecule has 15 heteroatoms. The molecule has 2 aliphatic rings. The molecule has 0 bridgehead atoms. The van der Waals surface area contributed by atoms with Crippen LogP contribution in [0.15, 0.2) is 41.5 Å². The fourth-order valence-corrected chi connectivity index (χ4v) is 5.41. The van der Waals surface area contributed by atoms with E-state index in [9.17, 15) is 31.9 Å². The van der Waals surface area contributed by atoms with Crippen molar-refractivity contribution < 1.29 is 36.6 Å². The lowest BCUT2D eigenvalue weighted by atomic mass is 10.0. The minimum Gasteiger partial charge on any atom is -0.444 e. The Morgan fingerprint density at radius 3 is 2.36 bits per heavy atom. The van der Waals surface area contributed by atoms with Gasteiger partial charge in [-0.25, -0.2) is 19.2 Å². The second-order valence-electron chi connectivity index (χ2n) is 11.7. The number of likely N-dealkylation sites (tertiary alicyclic amines) is 1. The zero-order valence-corrected chi connectivity index (χ0v) is 24.4. The van der Waals surface area contributed by atoms with Crippen LogP contribution in [-0.4, -0.2) is 75.7 Å². The standard InChI is InChI=1S/C29H32F4N6O5/c1-28(2,3)44-27(42)36-22-13-20(43-29(31,32)33)4-5-21(22)26(41)37-10-7-18(8-11-37)39-24(40)15-34-23-12-19(14-35-25(23)39)38-9-6-17(30)16-38/h4-5,12-15,17-18H,6-11,16H2,1-3H3,(H,36,42)/t17-/m0/s1. The van der Waals surface area contributed by atoms with Crippen LogP contribution in [-0.2, 0) is 4.74 Å². The average molecular weight is 621 g/mol. The molecule has 236 valence electrons. The van der Waals surface area contributed by atoms with Gasteiger partial charge in [0.1, 0.15) is 23.0 Å². The number of nitrogens with one attached hydrogen (secondary N) is 1. The summed E-state index contributed by atoms with van der Waals surface area (Å²) in [5.74, 6) is -1.15. The number of carbonyl (C=O) groups is 2. The summed E-state index contributed by atoms with van der Waals surface area (Å²) in [7, 11) is 0. The number of nitrogens with zero attached hydrogens (tertiary/aromatic N) is 5. The predicted octanol–water partition coefficient (Wildman–Crippen LogP) is 5.06. The fourth-order valence-electron chi connectivity index (χ4n) is 5.41. The van der Waals surface area contributed by atoms with Gasteiger partial charge in [-0.15, -0.1) is 13.2 Å². The molecule has 1 N–H and O–H groups in total. The van der Waals surface area contributed by atoms with Crippen LogP contribution < -0.4 is 20.5 Å². The summed E-state index contributed by atoms with van der Waals surface area (Å²) >= 11 is 0. The minimum atomic E-state index is -4.98. The van der Waals surface area contributed by atoms with Gasteiger partial charge in [-0.05, 0) is 58.2 Å². The van der Waals surface area contributed by atoms with Crippen LogP contribution in [0.4, 0.5) is 33.7 Å². The van der Waals surface area contributed by atoms with Gasteiger partial charge in [0.2, 0.25) is 0 Å². The maximum absolute atomic E-state index is 13.7. The van der Waals surface area contributed by atoms with Crippen LogP contribution >= 0.6 is 0 Å². The predicted molar refractivity (Wildman–Crippen MR) is 153 cm³/mol. The summed E-state index contributed by atoms with van der Waals surface area (Å²) in [5.41, 5.74) is 0.0828. The molecule has 44 heavy (non-hydrogen) atoms. The Morgan fingerprint density at radius 1 is 1.00 bits per heavy atom. The van der Waals surface area contributed by atoms with E-state index in [1.807, 2.05) is 4.90 Å². The van der Waals surface area contributed by atoms with Crippen molar-refractivity contribution in [2.45, 2.75) is 64.2 Å². The molecule has 11 nitrogen and oxygen atoms in total. The van der Waals surface area contributed by atoms with Gasteiger partial charge in [-0.2, -0.15) is 0 Å². The molecule has 2 aliphatic heterocycles. The van der Waals surface area contributed by atoms with Crippen molar-refractivity contribution in [2.75, 3.05) is 36.4 Å². The van der Waals surface area contributed by atoms with E-state index in [2.05, 4.69) is 20.0 Å². The van der Waals surface area contributed by atoms with Crippen molar-refractivity contribution in [1.29, 1.82) is 0 Å². The number of halogens is 4. The third kappa shape index (κ3) is 7.19. The van der Waals surface area contributed by atoms with E-state index in [4.69, 9.17) is 4.74 Å². The Bertz CT molecular complexity index is 1610. The second kappa shape index (κ2) is 11.9. The topological polar surface area (TPSA) is 119 Å². The Kier molecular flexibility index (Phi) is 8.40. The van der Waals surface area contributed by atoms with Crippen LogP contribution in [0, 0.1) is 0 Å². The SMILES string of the molecule is CC(C)(C)OC(=O)Nc1cc(OC(F)(F)F)ccc1C(=O)N1CCC(n2c(=O)cnc3cc(N4CC[C@H](F)C4)cnc32)CC1. The third-order valence-electron chi connectivity index (χ3n) is 7.32. The van der Waals surface area contributed by atoms with Gasteiger partial charge < -0.3 is 19.3 Å². The van der Waals surface area contributed by atoms with Gasteiger partial charge in [0.25, 0.3) is 11.5 Å². The number of piperidine rings is 1. The van der Waals surface area contributed by atoms with Crippen molar-refractivity contribution in [3.8, 4) is 5.75 Å². The highest BCUT2D eigenvalue weighted by Crippen LogP contribution is 2.31. The molecule has 5 rings (SSSR count). The molecule has 2 amide bonds. The lowest BCUT2D eigenvalue weighted by molar-refractivity contribution is -0.274. The fraction of sp³-hybridized carbons (Fsp3) is 0.483. The lowest BCUT2D eigenvalue weighted by Gasteiger charge is -2.33. The summed E-state index contributed by atoms with van der Waals surface area (Å²) in [6, 6.07) is 4.53. The monoisotopic (exact) mass is 620 g/mol. The Hall–Kier alpha value is -4.43. The number of fused-ring (bicyclic) bond motifs is 1. The zero-order chi connectivity index (χ0) is 31.8. The smallest absolute Gasteiger partial charge is 0.444 e. The van der Waals surface area contributed by atoms with Crippen molar-refractivity contribution in [1.82, 2.24) is 19.4 Å². The van der Waals surface area contributed by atoms with Gasteiger partial charge in [-0.1, -0.05) is 0 Å². The molecule has 0 unspecified atom stereocenters. The van der Waals surface area contributed by atoms with E-state index in [1.54, 1.807) is 37.6 Å². The number of benzene rings is 1. The molecule has 2 saturated heterocycles. The number of amides is 2. The van der Waals surface area contributed by atoms with Crippen molar-refractivity contribution >= 4 is 34.5 Å². The first-order chi connectivity index (χ1) is 20.7. The number of rotatable bonds is 5. The van der Waals surface area contributed by atoms with Gasteiger partial charge in [0.15, 0.2) is 5.65 Å². The highest BCUT2D eigenvalue weighted by atomic mass is 19.4. The second-order valence-corrected chi connectivity index (χ2v) is 11.7. The van der Waals surface area contributed by atoms with Gasteiger partial charge in [0.05, 0.1) is 29.3 Å². The summed E-state index contributed by atoms with van der Waals surface area (Å²) in [4.78, 5) is 51.0. The number of hydrogen-bond donors (Lipinski definition) is 1. The number of ether oxygens (including phenoxy) is 2. The molecule has 2 aromatic heterocycles. The molecule has 0 spiro atoms. The largest absolute Gasteiger partial charge is 0.573 e. The molecule has 0 radical (unpaired) electrons. The number of aromatic nitrogens is 3. The summed E-state index contributed by atoms with van der Waals surface area (Å²) in [5, 5.41) is 2.36. The summed E-state index contributed by atoms with van der Waals surface area (Å²) < 4.78 is 63.0. The molecule has 0 aliphatic carbocycles. The lowest BCUT2D eigenvalue weighted by Crippen LogP contribution is -2.41. The van der Waals surface area contributed by atoms with Crippen molar-refractivity contribution in [2.24, 2.45) is 0 Å². The number of carbonyl (C=O) groups excluding carboxylic acids is 2. The van der Waals surface area contributed by atoms with Gasteiger partial charge >= 0.3 is 12.5 Å². The molecule has 0 saturated carbocycles. The van der Waals surface area contributed by atoms with E-state index in [0.717, 1.165) is 23.9 Å². The highest BCUT2D eigenvalue weighted by Gasteiger charge is 2.33. The Morgan fingerprint density at radius 2 is 1.73 bits per heavy atom. The highest BCUT2D eigenvalue weighted by molar-refractivity contribution is 6.03. The van der Waals surface area contributed by atoms with Crippen LogP contribution in [0.25, 0.3) is 11.2 Å². The summed E-state index contributed by atoms with van der Waals surface area (Å²) in [6.07, 6.45) is -2.82. The van der Waals surface area contributed by atoms with Crippen molar-refractivity contribution in [3.05, 3.63) is 52.6 Å².